The fourth-order valence-electron chi connectivity index (χ4n) is 2.93. The Balaban J connectivity index is 2.23. The highest BCUT2D eigenvalue weighted by Gasteiger charge is 2.34. The fraction of sp³-hybridized carbons (Fsp3) is 0.600. The molecule has 0 radical (unpaired) electrons. The Hall–Kier alpha value is -1.14. The lowest BCUT2D eigenvalue weighted by atomic mass is 9.81. The molecule has 0 aromatic heterocycles. The number of benzene rings is 1. The molecule has 2 rings (SSSR count). The van der Waals surface area contributed by atoms with E-state index >= 15 is 0 Å². The van der Waals surface area contributed by atoms with Gasteiger partial charge in [-0.05, 0) is 37.0 Å². The molecule has 0 heterocycles. The van der Waals surface area contributed by atoms with Crippen LogP contribution in [0.15, 0.2) is 18.2 Å². The van der Waals surface area contributed by atoms with Crippen LogP contribution in [-0.4, -0.2) is 11.2 Å². The molecular weight excluding hydrogens is 286 g/mol. The van der Waals surface area contributed by atoms with Crippen molar-refractivity contribution in [2.24, 2.45) is 11.7 Å². The Kier molecular flexibility index (Phi) is 4.88. The first-order valence-electron chi connectivity index (χ1n) is 7.11. The molecule has 0 unspecified atom stereocenters. The topological polar surface area (TPSA) is 46.2 Å². The van der Waals surface area contributed by atoms with Gasteiger partial charge in [0.15, 0.2) is 0 Å². The lowest BCUT2D eigenvalue weighted by molar-refractivity contribution is -0.137. The molecule has 0 aliphatic heterocycles. The van der Waals surface area contributed by atoms with Crippen LogP contribution in [-0.2, 0) is 6.18 Å². The molecule has 1 fully saturated rings. The van der Waals surface area contributed by atoms with Gasteiger partial charge in [-0.25, -0.2) is 4.39 Å². The first-order valence-corrected chi connectivity index (χ1v) is 7.11. The van der Waals surface area contributed by atoms with E-state index < -0.39 is 29.7 Å². The Labute approximate surface area is 121 Å². The van der Waals surface area contributed by atoms with Crippen molar-refractivity contribution in [3.8, 4) is 0 Å². The van der Waals surface area contributed by atoms with Gasteiger partial charge in [-0.15, -0.1) is 0 Å². The van der Waals surface area contributed by atoms with Crippen molar-refractivity contribution in [3.63, 3.8) is 0 Å². The summed E-state index contributed by atoms with van der Waals surface area (Å²) in [6.07, 6.45) is -1.04. The quantitative estimate of drug-likeness (QED) is 0.835. The van der Waals surface area contributed by atoms with Crippen LogP contribution in [0, 0.1) is 11.7 Å². The van der Waals surface area contributed by atoms with Gasteiger partial charge in [0.25, 0.3) is 0 Å². The summed E-state index contributed by atoms with van der Waals surface area (Å²) in [5.74, 6) is -0.895. The van der Waals surface area contributed by atoms with Gasteiger partial charge in [-0.3, -0.25) is 0 Å². The van der Waals surface area contributed by atoms with Crippen molar-refractivity contribution in [1.82, 2.24) is 0 Å². The molecule has 1 aliphatic rings. The van der Waals surface area contributed by atoms with E-state index in [1.807, 2.05) is 0 Å². The third-order valence-corrected chi connectivity index (χ3v) is 4.18. The second kappa shape index (κ2) is 6.32. The molecule has 2 nitrogen and oxygen atoms in total. The molecule has 1 saturated carbocycles. The number of alkyl halides is 3. The summed E-state index contributed by atoms with van der Waals surface area (Å²) in [4.78, 5) is 0. The maximum Gasteiger partial charge on any atom is 0.416 e. The highest BCUT2D eigenvalue weighted by atomic mass is 19.4. The van der Waals surface area contributed by atoms with Crippen LogP contribution in [0.2, 0.25) is 0 Å². The minimum absolute atomic E-state index is 0.0808. The molecule has 1 aliphatic carbocycles. The molecule has 1 aromatic rings. The van der Waals surface area contributed by atoms with Crippen LogP contribution in [0.5, 0.6) is 0 Å². The Morgan fingerprint density at radius 3 is 2.33 bits per heavy atom. The minimum Gasteiger partial charge on any atom is -0.391 e. The molecular formula is C15H19F4NO. The molecule has 2 atom stereocenters. The van der Waals surface area contributed by atoms with E-state index in [1.54, 1.807) is 0 Å². The van der Waals surface area contributed by atoms with Crippen molar-refractivity contribution in [2.75, 3.05) is 0 Å². The molecule has 118 valence electrons. The highest BCUT2D eigenvalue weighted by Crippen LogP contribution is 2.35. The number of hydrogen-bond donors (Lipinski definition) is 2. The molecule has 0 spiro atoms. The van der Waals surface area contributed by atoms with Crippen molar-refractivity contribution in [2.45, 2.75) is 50.4 Å². The second-order valence-electron chi connectivity index (χ2n) is 5.65. The maximum absolute atomic E-state index is 13.8. The predicted octanol–water partition coefficient (Wildman–Crippen LogP) is 3.79. The first-order chi connectivity index (χ1) is 9.80. The lowest BCUT2D eigenvalue weighted by Crippen LogP contribution is -2.35. The van der Waals surface area contributed by atoms with Crippen LogP contribution in [0.4, 0.5) is 17.6 Å². The number of halogens is 4. The highest BCUT2D eigenvalue weighted by molar-refractivity contribution is 5.30. The normalized spacial score (nSPS) is 20.3. The largest absolute Gasteiger partial charge is 0.416 e. The number of aliphatic hydroxyl groups excluding tert-OH is 1. The third kappa shape index (κ3) is 3.74. The second-order valence-corrected chi connectivity index (χ2v) is 5.65. The van der Waals surface area contributed by atoms with Crippen LogP contribution in [0.1, 0.15) is 49.3 Å². The maximum atomic E-state index is 13.8. The third-order valence-electron chi connectivity index (χ3n) is 4.18. The fourth-order valence-corrected chi connectivity index (χ4v) is 2.93. The van der Waals surface area contributed by atoms with E-state index in [9.17, 15) is 22.7 Å². The summed E-state index contributed by atoms with van der Waals surface area (Å²) in [5, 5.41) is 10.2. The van der Waals surface area contributed by atoms with Gasteiger partial charge in [-0.1, -0.05) is 19.3 Å². The van der Waals surface area contributed by atoms with E-state index in [0.717, 1.165) is 38.2 Å². The molecule has 21 heavy (non-hydrogen) atoms. The summed E-state index contributed by atoms with van der Waals surface area (Å²) < 4.78 is 51.9. The van der Waals surface area contributed by atoms with Gasteiger partial charge in [0, 0.05) is 5.56 Å². The van der Waals surface area contributed by atoms with Crippen molar-refractivity contribution < 1.29 is 22.7 Å². The van der Waals surface area contributed by atoms with Crippen molar-refractivity contribution >= 4 is 0 Å². The first kappa shape index (κ1) is 16.2. The summed E-state index contributed by atoms with van der Waals surface area (Å²) in [6.45, 7) is 0. The van der Waals surface area contributed by atoms with Crippen molar-refractivity contribution in [1.29, 1.82) is 0 Å². The van der Waals surface area contributed by atoms with Gasteiger partial charge < -0.3 is 10.8 Å². The molecule has 6 heteroatoms. The summed E-state index contributed by atoms with van der Waals surface area (Å²) in [7, 11) is 0. The van der Waals surface area contributed by atoms with E-state index in [-0.39, 0.29) is 11.5 Å². The predicted molar refractivity (Wildman–Crippen MR) is 70.9 cm³/mol. The minimum atomic E-state index is -4.56. The number of aliphatic hydroxyl groups is 1. The monoisotopic (exact) mass is 305 g/mol. The van der Waals surface area contributed by atoms with Gasteiger partial charge in [-0.2, -0.15) is 13.2 Å². The molecule has 3 N–H and O–H groups in total. The Morgan fingerprint density at radius 1 is 1.14 bits per heavy atom. The molecule has 0 amide bonds. The van der Waals surface area contributed by atoms with E-state index in [4.69, 9.17) is 5.73 Å². The Morgan fingerprint density at radius 2 is 1.76 bits per heavy atom. The van der Waals surface area contributed by atoms with Gasteiger partial charge in [0.05, 0.1) is 17.7 Å². The SMILES string of the molecule is N[C@H](c1cc(C(F)(F)F)ccc1F)[C@@H](O)C1CCCCC1. The lowest BCUT2D eigenvalue weighted by Gasteiger charge is -2.31. The summed E-state index contributed by atoms with van der Waals surface area (Å²) in [5.41, 5.74) is 4.60. The number of nitrogens with two attached hydrogens (primary N) is 1. The number of rotatable bonds is 3. The smallest absolute Gasteiger partial charge is 0.391 e. The van der Waals surface area contributed by atoms with Gasteiger partial charge in [0.1, 0.15) is 5.82 Å². The average molecular weight is 305 g/mol. The zero-order valence-corrected chi connectivity index (χ0v) is 11.5. The zero-order valence-electron chi connectivity index (χ0n) is 11.5. The van der Waals surface area contributed by atoms with E-state index in [0.29, 0.717) is 12.1 Å². The van der Waals surface area contributed by atoms with Crippen LogP contribution in [0.3, 0.4) is 0 Å². The van der Waals surface area contributed by atoms with Gasteiger partial charge >= 0.3 is 6.18 Å². The zero-order chi connectivity index (χ0) is 15.6. The van der Waals surface area contributed by atoms with E-state index in [2.05, 4.69) is 0 Å². The van der Waals surface area contributed by atoms with E-state index in [1.165, 1.54) is 0 Å². The molecule has 0 bridgehead atoms. The van der Waals surface area contributed by atoms with Crippen LogP contribution < -0.4 is 5.73 Å². The molecule has 0 saturated heterocycles. The number of hydrogen-bond acceptors (Lipinski definition) is 2. The van der Waals surface area contributed by atoms with Crippen LogP contribution in [0.25, 0.3) is 0 Å². The summed E-state index contributed by atoms with van der Waals surface area (Å²) in [6, 6.07) is 0.992. The standard InChI is InChI=1S/C15H19F4NO/c16-12-7-6-10(15(17,18)19)8-11(12)13(20)14(21)9-4-2-1-3-5-9/h6-9,13-14,21H,1-5,20H2/t13-,14+/m1/s1. The van der Waals surface area contributed by atoms with Crippen molar-refractivity contribution in [3.05, 3.63) is 35.1 Å². The van der Waals surface area contributed by atoms with Crippen LogP contribution >= 0.6 is 0 Å². The summed E-state index contributed by atoms with van der Waals surface area (Å²) >= 11 is 0. The average Bonchev–Trinajstić information content (AvgIpc) is 2.46. The van der Waals surface area contributed by atoms with Gasteiger partial charge in [0.2, 0.25) is 0 Å². The molecule has 1 aromatic carbocycles. The Bertz CT molecular complexity index is 483.